The molecule has 0 spiro atoms. The first-order chi connectivity index (χ1) is 10.2. The molecule has 1 aromatic rings. The van der Waals surface area contributed by atoms with Crippen molar-refractivity contribution in [3.8, 4) is 0 Å². The van der Waals surface area contributed by atoms with E-state index in [1.54, 1.807) is 6.33 Å². The fraction of sp³-hybridized carbons (Fsp3) is 0.750. The average molecular weight is 308 g/mol. The number of nitrogens with one attached hydrogen (secondary N) is 2. The first-order valence-electron chi connectivity index (χ1n) is 8.05. The summed E-state index contributed by atoms with van der Waals surface area (Å²) in [6.45, 7) is 7.54. The van der Waals surface area contributed by atoms with E-state index in [4.69, 9.17) is 0 Å². The van der Waals surface area contributed by atoms with Crippen LogP contribution in [-0.4, -0.2) is 34.1 Å². The smallest absolute Gasteiger partial charge is 0.135 e. The van der Waals surface area contributed by atoms with Crippen LogP contribution in [0, 0.1) is 0 Å². The topological polar surface area (TPSA) is 49.8 Å². The first-order valence-corrected chi connectivity index (χ1v) is 9.34. The second-order valence-electron chi connectivity index (χ2n) is 6.02. The largest absolute Gasteiger partial charge is 0.370 e. The van der Waals surface area contributed by atoms with Crippen molar-refractivity contribution in [1.82, 2.24) is 9.97 Å². The van der Waals surface area contributed by atoms with Crippen molar-refractivity contribution in [2.75, 3.05) is 23.4 Å². The highest BCUT2D eigenvalue weighted by Crippen LogP contribution is 2.34. The van der Waals surface area contributed by atoms with Crippen LogP contribution in [0.3, 0.4) is 0 Å². The summed E-state index contributed by atoms with van der Waals surface area (Å²) in [5.41, 5.74) is 1.22. The van der Waals surface area contributed by atoms with Gasteiger partial charge in [-0.3, -0.25) is 0 Å². The van der Waals surface area contributed by atoms with Gasteiger partial charge in [-0.2, -0.15) is 11.8 Å². The van der Waals surface area contributed by atoms with Gasteiger partial charge in [0.05, 0.1) is 0 Å². The highest BCUT2D eigenvalue weighted by Gasteiger charge is 2.28. The molecule has 2 N–H and O–H groups in total. The molecule has 5 heteroatoms. The van der Waals surface area contributed by atoms with Crippen LogP contribution in [-0.2, 0) is 0 Å². The zero-order valence-corrected chi connectivity index (χ0v) is 14.5. The quantitative estimate of drug-likeness (QED) is 0.793. The van der Waals surface area contributed by atoms with Crippen molar-refractivity contribution >= 4 is 23.4 Å². The predicted molar refractivity (Wildman–Crippen MR) is 93.5 cm³/mol. The number of thioether (sulfide) groups is 1. The molecule has 0 amide bonds. The van der Waals surface area contributed by atoms with E-state index in [9.17, 15) is 0 Å². The van der Waals surface area contributed by atoms with Gasteiger partial charge in [-0.25, -0.2) is 9.97 Å². The molecule has 21 heavy (non-hydrogen) atoms. The van der Waals surface area contributed by atoms with Gasteiger partial charge in [0.2, 0.25) is 0 Å². The van der Waals surface area contributed by atoms with Gasteiger partial charge in [0, 0.05) is 23.4 Å². The Kier molecular flexibility index (Phi) is 6.15. The Bertz CT molecular complexity index is 450. The van der Waals surface area contributed by atoms with Crippen molar-refractivity contribution < 1.29 is 0 Å². The molecule has 118 valence electrons. The highest BCUT2D eigenvalue weighted by atomic mass is 32.2. The van der Waals surface area contributed by atoms with Crippen LogP contribution in [0.5, 0.6) is 0 Å². The summed E-state index contributed by atoms with van der Waals surface area (Å²) in [7, 11) is 0. The van der Waals surface area contributed by atoms with Crippen molar-refractivity contribution in [2.24, 2.45) is 0 Å². The van der Waals surface area contributed by atoms with Crippen LogP contribution < -0.4 is 10.6 Å². The Labute approximate surface area is 132 Å². The standard InChI is InChI=1S/C16H28N4S/c1-5-9-17-15-14(11(2)3)16(19-10-18-15)20-12-7-6-8-13(12)21-4/h10-13H,5-9H2,1-4H3,(H2,17,18,19,20). The van der Waals surface area contributed by atoms with Gasteiger partial charge in [0.25, 0.3) is 0 Å². The van der Waals surface area contributed by atoms with Crippen LogP contribution >= 0.6 is 11.8 Å². The SMILES string of the molecule is CCCNc1ncnc(NC2CCCC2SC)c1C(C)C. The zero-order chi connectivity index (χ0) is 15.2. The van der Waals surface area contributed by atoms with Crippen LogP contribution in [0.25, 0.3) is 0 Å². The molecule has 2 rings (SSSR count). The second-order valence-corrected chi connectivity index (χ2v) is 7.10. The van der Waals surface area contributed by atoms with Gasteiger partial charge < -0.3 is 10.6 Å². The van der Waals surface area contributed by atoms with Crippen LogP contribution in [0.4, 0.5) is 11.6 Å². The molecule has 0 aromatic carbocycles. The number of anilines is 2. The fourth-order valence-electron chi connectivity index (χ4n) is 2.99. The van der Waals surface area contributed by atoms with Gasteiger partial charge in [0.15, 0.2) is 0 Å². The Balaban J connectivity index is 2.21. The average Bonchev–Trinajstić information content (AvgIpc) is 2.92. The lowest BCUT2D eigenvalue weighted by Crippen LogP contribution is -2.27. The number of aromatic nitrogens is 2. The summed E-state index contributed by atoms with van der Waals surface area (Å²) in [6, 6.07) is 0.534. The van der Waals surface area contributed by atoms with Gasteiger partial charge in [-0.15, -0.1) is 0 Å². The third-order valence-electron chi connectivity index (χ3n) is 4.08. The summed E-state index contributed by atoms with van der Waals surface area (Å²) in [5, 5.41) is 7.84. The molecule has 0 saturated heterocycles. The molecule has 2 unspecified atom stereocenters. The Hall–Kier alpha value is -0.970. The summed E-state index contributed by atoms with van der Waals surface area (Å²) < 4.78 is 0. The van der Waals surface area contributed by atoms with E-state index >= 15 is 0 Å². The lowest BCUT2D eigenvalue weighted by Gasteiger charge is -2.23. The second kappa shape index (κ2) is 7.87. The molecule has 1 aliphatic rings. The third kappa shape index (κ3) is 4.02. The van der Waals surface area contributed by atoms with Crippen LogP contribution in [0.1, 0.15) is 57.9 Å². The third-order valence-corrected chi connectivity index (χ3v) is 5.25. The van der Waals surface area contributed by atoms with Crippen LogP contribution in [0.15, 0.2) is 6.33 Å². The van der Waals surface area contributed by atoms with E-state index in [2.05, 4.69) is 47.6 Å². The number of rotatable bonds is 7. The molecule has 2 atom stereocenters. The molecule has 0 aliphatic heterocycles. The van der Waals surface area contributed by atoms with Gasteiger partial charge >= 0.3 is 0 Å². The van der Waals surface area contributed by atoms with E-state index < -0.39 is 0 Å². The van der Waals surface area contributed by atoms with Crippen molar-refractivity contribution in [2.45, 2.75) is 63.7 Å². The monoisotopic (exact) mass is 308 g/mol. The molecule has 1 saturated carbocycles. The van der Waals surface area contributed by atoms with E-state index in [-0.39, 0.29) is 0 Å². The number of hydrogen-bond acceptors (Lipinski definition) is 5. The highest BCUT2D eigenvalue weighted by molar-refractivity contribution is 7.99. The maximum absolute atomic E-state index is 4.53. The number of hydrogen-bond donors (Lipinski definition) is 2. The molecule has 1 aromatic heterocycles. The first kappa shape index (κ1) is 16.4. The molecular weight excluding hydrogens is 280 g/mol. The number of nitrogens with zero attached hydrogens (tertiary/aromatic N) is 2. The maximum Gasteiger partial charge on any atom is 0.135 e. The summed E-state index contributed by atoms with van der Waals surface area (Å²) in [5.74, 6) is 2.41. The van der Waals surface area contributed by atoms with E-state index in [1.807, 2.05) is 11.8 Å². The van der Waals surface area contributed by atoms with Gasteiger partial charge in [-0.1, -0.05) is 27.2 Å². The van der Waals surface area contributed by atoms with E-state index in [1.165, 1.54) is 24.8 Å². The van der Waals surface area contributed by atoms with Crippen molar-refractivity contribution in [1.29, 1.82) is 0 Å². The van der Waals surface area contributed by atoms with E-state index in [0.717, 1.165) is 24.6 Å². The summed E-state index contributed by atoms with van der Waals surface area (Å²) in [4.78, 5) is 8.97. The van der Waals surface area contributed by atoms with Gasteiger partial charge in [-0.05, 0) is 31.4 Å². The molecule has 4 nitrogen and oxygen atoms in total. The van der Waals surface area contributed by atoms with Crippen molar-refractivity contribution in [3.63, 3.8) is 0 Å². The van der Waals surface area contributed by atoms with Crippen LogP contribution in [0.2, 0.25) is 0 Å². The lowest BCUT2D eigenvalue weighted by atomic mass is 10.0. The van der Waals surface area contributed by atoms with Crippen molar-refractivity contribution in [3.05, 3.63) is 11.9 Å². The summed E-state index contributed by atoms with van der Waals surface area (Å²) in [6.07, 6.45) is 8.85. The lowest BCUT2D eigenvalue weighted by molar-refractivity contribution is 0.751. The Morgan fingerprint density at radius 3 is 2.71 bits per heavy atom. The molecule has 1 aliphatic carbocycles. The fourth-order valence-corrected chi connectivity index (χ4v) is 3.93. The molecule has 0 radical (unpaired) electrons. The Morgan fingerprint density at radius 1 is 1.29 bits per heavy atom. The molecular formula is C16H28N4S. The minimum absolute atomic E-state index is 0.405. The molecule has 1 fully saturated rings. The zero-order valence-electron chi connectivity index (χ0n) is 13.6. The maximum atomic E-state index is 4.53. The molecule has 0 bridgehead atoms. The Morgan fingerprint density at radius 2 is 2.05 bits per heavy atom. The minimum Gasteiger partial charge on any atom is -0.370 e. The minimum atomic E-state index is 0.405. The van der Waals surface area contributed by atoms with Gasteiger partial charge in [0.1, 0.15) is 18.0 Å². The summed E-state index contributed by atoms with van der Waals surface area (Å²) >= 11 is 1.97. The van der Waals surface area contributed by atoms with E-state index in [0.29, 0.717) is 17.2 Å². The molecule has 1 heterocycles. The predicted octanol–water partition coefficient (Wildman–Crippen LogP) is 4.12. The normalized spacial score (nSPS) is 21.8.